The average Bonchev–Trinajstić information content (AvgIpc) is 3.87. The number of benzene rings is 1. The summed E-state index contributed by atoms with van der Waals surface area (Å²) in [5, 5.41) is 13.9. The van der Waals surface area contributed by atoms with E-state index in [9.17, 15) is 4.79 Å². The minimum absolute atomic E-state index is 0.0108. The van der Waals surface area contributed by atoms with Crippen molar-refractivity contribution in [3.63, 3.8) is 0 Å². The van der Waals surface area contributed by atoms with E-state index in [-0.39, 0.29) is 30.1 Å². The number of halogens is 2. The number of anilines is 3. The minimum atomic E-state index is -2.72. The van der Waals surface area contributed by atoms with E-state index in [1.54, 1.807) is 41.9 Å². The number of carbonyl (C=O) groups excluding carboxylic acids is 1. The molecule has 4 aromatic heterocycles. The molecule has 5 aromatic rings. The number of allylic oxidation sites excluding steroid dienone is 2. The SMILES string of the molecule is C=CN1CCc2c(c(N3CCCc4cc(-c5cn(C/C(N)=C/N(N)C6CN(c7ccc(C(=O)NC8CCC(=C)NC8=C)nc7)C6)c6ccncc56)c(C(F)F)cc43)nn2C2CCCCC2)C1. The molecule has 0 spiro atoms. The number of alkyl halides is 2. The van der Waals surface area contributed by atoms with E-state index in [0.29, 0.717) is 54.7 Å². The van der Waals surface area contributed by atoms with E-state index < -0.39 is 6.43 Å². The maximum atomic E-state index is 15.4. The first-order valence-electron chi connectivity index (χ1n) is 23.3. The molecule has 2 saturated heterocycles. The molecule has 14 nitrogen and oxygen atoms in total. The molecule has 1 atom stereocenters. The first-order valence-corrected chi connectivity index (χ1v) is 23.3. The van der Waals surface area contributed by atoms with Crippen LogP contribution in [0.25, 0.3) is 22.0 Å². The number of carbonyl (C=O) groups is 1. The molecule has 1 amide bonds. The van der Waals surface area contributed by atoms with Crippen LogP contribution in [-0.4, -0.2) is 78.4 Å². The molecule has 0 bridgehead atoms. The topological polar surface area (TPSA) is 155 Å². The summed E-state index contributed by atoms with van der Waals surface area (Å²) in [5.74, 6) is 7.20. The molecular weight excluding hydrogens is 837 g/mol. The average molecular weight is 896 g/mol. The number of rotatable bonds is 12. The van der Waals surface area contributed by atoms with Crippen molar-refractivity contribution in [2.75, 3.05) is 36.0 Å². The Hall–Kier alpha value is -6.68. The van der Waals surface area contributed by atoms with Crippen molar-refractivity contribution >= 4 is 34.0 Å². The van der Waals surface area contributed by atoms with Gasteiger partial charge in [0.2, 0.25) is 0 Å². The van der Waals surface area contributed by atoms with Gasteiger partial charge >= 0.3 is 0 Å². The summed E-state index contributed by atoms with van der Waals surface area (Å²) in [6, 6.07) is 9.36. The van der Waals surface area contributed by atoms with Crippen molar-refractivity contribution in [1.29, 1.82) is 0 Å². The van der Waals surface area contributed by atoms with Crippen molar-refractivity contribution < 1.29 is 13.6 Å². The lowest BCUT2D eigenvalue weighted by Gasteiger charge is -2.44. The molecule has 10 rings (SSSR count). The number of aromatic nitrogens is 5. The van der Waals surface area contributed by atoms with Crippen LogP contribution in [0.4, 0.5) is 26.0 Å². The molecule has 6 N–H and O–H groups in total. The van der Waals surface area contributed by atoms with Crippen LogP contribution in [0, 0.1) is 0 Å². The normalized spacial score (nSPS) is 19.4. The van der Waals surface area contributed by atoms with Gasteiger partial charge in [-0.15, -0.1) is 0 Å². The van der Waals surface area contributed by atoms with Gasteiger partial charge < -0.3 is 40.6 Å². The van der Waals surface area contributed by atoms with Gasteiger partial charge in [0.25, 0.3) is 12.3 Å². The van der Waals surface area contributed by atoms with Crippen LogP contribution in [0.15, 0.2) is 104 Å². The summed E-state index contributed by atoms with van der Waals surface area (Å²) in [6.07, 6.45) is 17.9. The maximum absolute atomic E-state index is 15.4. The number of hydrogen-bond acceptors (Lipinski definition) is 11. The number of pyridine rings is 2. The second kappa shape index (κ2) is 17.9. The van der Waals surface area contributed by atoms with Crippen LogP contribution in [0.3, 0.4) is 0 Å². The van der Waals surface area contributed by atoms with Gasteiger partial charge in [0, 0.05) is 114 Å². The van der Waals surface area contributed by atoms with E-state index in [0.717, 1.165) is 96.5 Å². The van der Waals surface area contributed by atoms with Gasteiger partial charge in [0.05, 0.1) is 42.1 Å². The number of nitrogens with one attached hydrogen (secondary N) is 2. The summed E-state index contributed by atoms with van der Waals surface area (Å²) in [4.78, 5) is 28.3. The fourth-order valence-electron chi connectivity index (χ4n) is 10.6. The fraction of sp³-hybridized carbons (Fsp3) is 0.400. The Balaban J connectivity index is 0.858. The molecule has 4 aliphatic heterocycles. The molecule has 8 heterocycles. The van der Waals surface area contributed by atoms with E-state index >= 15 is 8.78 Å². The standard InChI is InChI=1S/C50H59F2N13O/c1-4-60-20-17-46-42(29-60)49(59-65(46)35-10-6-5-7-11-35)63-19-8-9-33-21-38(39(48(51)52)22-47(33)63)41-30-62(45-16-18-55-24-40(41)45)25-34(53)26-64(54)37-27-61(28-37)36-13-15-44(56-23-36)50(66)58-43-14-12-31(2)57-32(43)3/h4,13,15-16,18,21-24,26,30,35,37,43,48,57H,1-3,5-12,14,17,19-20,25,27-29,53-54H2,(H,58,66)/b34-26-. The van der Waals surface area contributed by atoms with E-state index in [1.165, 1.54) is 30.5 Å². The van der Waals surface area contributed by atoms with Gasteiger partial charge in [-0.05, 0) is 86.2 Å². The van der Waals surface area contributed by atoms with Crippen molar-refractivity contribution in [3.05, 3.63) is 132 Å². The lowest BCUT2D eigenvalue weighted by atomic mass is 9.91. The summed E-state index contributed by atoms with van der Waals surface area (Å²) in [5.41, 5.74) is 16.3. The molecular formula is C50H59F2N13O. The van der Waals surface area contributed by atoms with Gasteiger partial charge in [-0.25, -0.2) is 19.6 Å². The molecule has 66 heavy (non-hydrogen) atoms. The second-order valence-electron chi connectivity index (χ2n) is 18.5. The number of nitrogens with zero attached hydrogens (tertiary/aromatic N) is 9. The van der Waals surface area contributed by atoms with Crippen molar-refractivity contribution in [1.82, 2.24) is 44.9 Å². The van der Waals surface area contributed by atoms with Crippen LogP contribution in [0.5, 0.6) is 0 Å². The second-order valence-corrected chi connectivity index (χ2v) is 18.5. The highest BCUT2D eigenvalue weighted by molar-refractivity contribution is 5.97. The zero-order valence-electron chi connectivity index (χ0n) is 37.4. The molecule has 344 valence electrons. The zero-order chi connectivity index (χ0) is 45.6. The number of amides is 1. The highest BCUT2D eigenvalue weighted by Gasteiger charge is 2.34. The number of fused-ring (bicyclic) bond motifs is 3. The maximum Gasteiger partial charge on any atom is 0.270 e. The van der Waals surface area contributed by atoms with Crippen LogP contribution in [-0.2, 0) is 25.9 Å². The molecule has 1 unspecified atom stereocenters. The Morgan fingerprint density at radius 1 is 1.02 bits per heavy atom. The molecule has 3 fully saturated rings. The van der Waals surface area contributed by atoms with Gasteiger partial charge in [0.15, 0.2) is 5.82 Å². The first kappa shape index (κ1) is 43.2. The van der Waals surface area contributed by atoms with Crippen molar-refractivity contribution in [2.45, 2.75) is 102 Å². The number of hydrogen-bond donors (Lipinski definition) is 4. The zero-order valence-corrected chi connectivity index (χ0v) is 37.4. The Morgan fingerprint density at radius 2 is 1.85 bits per heavy atom. The van der Waals surface area contributed by atoms with Crippen molar-refractivity contribution in [3.8, 4) is 11.1 Å². The van der Waals surface area contributed by atoms with Crippen LogP contribution in [0.1, 0.15) is 96.7 Å². The Kier molecular flexibility index (Phi) is 11.8. The number of hydrazine groups is 1. The summed E-state index contributed by atoms with van der Waals surface area (Å²) < 4.78 is 35.1. The minimum Gasteiger partial charge on any atom is -0.399 e. The van der Waals surface area contributed by atoms with E-state index in [1.807, 2.05) is 35.2 Å². The third-order valence-corrected chi connectivity index (χ3v) is 14.2. The molecule has 5 aliphatic rings. The third kappa shape index (κ3) is 8.26. The van der Waals surface area contributed by atoms with Crippen LogP contribution in [0.2, 0.25) is 0 Å². The predicted molar refractivity (Wildman–Crippen MR) is 255 cm³/mol. The smallest absolute Gasteiger partial charge is 0.270 e. The van der Waals surface area contributed by atoms with Crippen LogP contribution < -0.4 is 32.0 Å². The lowest BCUT2D eigenvalue weighted by molar-refractivity contribution is 0.0933. The van der Waals surface area contributed by atoms with Crippen LogP contribution >= 0.6 is 0 Å². The van der Waals surface area contributed by atoms with Gasteiger partial charge in [-0.2, -0.15) is 5.10 Å². The number of nitrogens with two attached hydrogens (primary N) is 2. The molecule has 1 saturated carbocycles. The fourth-order valence-corrected chi connectivity index (χ4v) is 10.6. The highest BCUT2D eigenvalue weighted by atomic mass is 19.3. The van der Waals surface area contributed by atoms with Gasteiger partial charge in [-0.1, -0.05) is 39.0 Å². The molecule has 16 heteroatoms. The van der Waals surface area contributed by atoms with Crippen molar-refractivity contribution in [2.24, 2.45) is 11.6 Å². The molecule has 1 aromatic carbocycles. The Labute approximate surface area is 384 Å². The van der Waals surface area contributed by atoms with E-state index in [2.05, 4.69) is 59.7 Å². The third-order valence-electron chi connectivity index (χ3n) is 14.2. The Bertz CT molecular complexity index is 2710. The Morgan fingerprint density at radius 3 is 2.61 bits per heavy atom. The van der Waals surface area contributed by atoms with Gasteiger partial charge in [-0.3, -0.25) is 14.5 Å². The number of piperidine rings is 1. The quantitative estimate of drug-likeness (QED) is 0.0720. The monoisotopic (exact) mass is 895 g/mol. The summed E-state index contributed by atoms with van der Waals surface area (Å²) in [7, 11) is 0. The highest BCUT2D eigenvalue weighted by Crippen LogP contribution is 2.45. The summed E-state index contributed by atoms with van der Waals surface area (Å²) >= 11 is 0. The summed E-state index contributed by atoms with van der Waals surface area (Å²) in [6.45, 7) is 15.9. The lowest BCUT2D eigenvalue weighted by Crippen LogP contribution is -2.60. The largest absolute Gasteiger partial charge is 0.399 e. The number of aryl methyl sites for hydroxylation is 1. The van der Waals surface area contributed by atoms with E-state index in [4.69, 9.17) is 16.7 Å². The molecule has 0 radical (unpaired) electrons. The van der Waals surface area contributed by atoms with Gasteiger partial charge in [0.1, 0.15) is 5.69 Å². The first-order chi connectivity index (χ1) is 32.0. The predicted octanol–water partition coefficient (Wildman–Crippen LogP) is 7.70. The molecule has 1 aliphatic carbocycles.